The molecular weight excluding hydrogens is 279 g/mol. The number of ether oxygens (including phenoxy) is 1. The molecule has 0 aliphatic carbocycles. The first kappa shape index (κ1) is 15.4. The fourth-order valence-electron chi connectivity index (χ4n) is 2.10. The quantitative estimate of drug-likeness (QED) is 0.872. The molecule has 2 rings (SSSR count). The third kappa shape index (κ3) is 3.76. The van der Waals surface area contributed by atoms with E-state index in [9.17, 15) is 13.2 Å². The van der Waals surface area contributed by atoms with Gasteiger partial charge in [-0.25, -0.2) is 13.2 Å². The lowest BCUT2D eigenvalue weighted by Gasteiger charge is -2.18. The van der Waals surface area contributed by atoms with Crippen LogP contribution in [0.3, 0.4) is 0 Å². The van der Waals surface area contributed by atoms with E-state index in [1.165, 1.54) is 6.07 Å². The first-order chi connectivity index (χ1) is 10.0. The molecule has 0 aromatic heterocycles. The lowest BCUT2D eigenvalue weighted by atomic mass is 10.1. The van der Waals surface area contributed by atoms with Crippen molar-refractivity contribution in [3.8, 4) is 11.5 Å². The highest BCUT2D eigenvalue weighted by molar-refractivity contribution is 5.41. The van der Waals surface area contributed by atoms with E-state index in [1.54, 1.807) is 12.1 Å². The molecule has 0 aliphatic rings. The smallest absolute Gasteiger partial charge is 0.167 e. The highest BCUT2D eigenvalue weighted by Gasteiger charge is 2.16. The van der Waals surface area contributed by atoms with Crippen molar-refractivity contribution in [3.63, 3.8) is 0 Å². The molecular formula is C16H16F3NO. The second kappa shape index (κ2) is 6.63. The Bertz CT molecular complexity index is 611. The fraction of sp³-hybridized carbons (Fsp3) is 0.250. The number of halogens is 3. The van der Waals surface area contributed by atoms with Crippen LogP contribution in [0, 0.1) is 17.5 Å². The van der Waals surface area contributed by atoms with Gasteiger partial charge in [0, 0.05) is 29.8 Å². The Morgan fingerprint density at radius 1 is 1.10 bits per heavy atom. The van der Waals surface area contributed by atoms with Crippen molar-refractivity contribution in [2.24, 2.45) is 0 Å². The molecule has 1 N–H and O–H groups in total. The van der Waals surface area contributed by atoms with Gasteiger partial charge in [0.1, 0.15) is 17.4 Å². The van der Waals surface area contributed by atoms with E-state index in [2.05, 4.69) is 5.32 Å². The second-order valence-corrected chi connectivity index (χ2v) is 4.64. The second-order valence-electron chi connectivity index (χ2n) is 4.64. The topological polar surface area (TPSA) is 21.3 Å². The van der Waals surface area contributed by atoms with Gasteiger partial charge >= 0.3 is 0 Å². The van der Waals surface area contributed by atoms with Gasteiger partial charge < -0.3 is 10.1 Å². The summed E-state index contributed by atoms with van der Waals surface area (Å²) in [5, 5.41) is 3.14. The van der Waals surface area contributed by atoms with E-state index in [4.69, 9.17) is 4.74 Å². The molecule has 0 saturated heterocycles. The fourth-order valence-corrected chi connectivity index (χ4v) is 2.10. The van der Waals surface area contributed by atoms with E-state index < -0.39 is 17.5 Å². The Labute approximate surface area is 121 Å². The van der Waals surface area contributed by atoms with E-state index in [0.717, 1.165) is 18.2 Å². The molecule has 0 bridgehead atoms. The van der Waals surface area contributed by atoms with Gasteiger partial charge in [0.2, 0.25) is 0 Å². The maximum absolute atomic E-state index is 14.0. The summed E-state index contributed by atoms with van der Waals surface area (Å²) in [6, 6.07) is 7.12. The van der Waals surface area contributed by atoms with Crippen molar-refractivity contribution in [2.75, 3.05) is 6.54 Å². The monoisotopic (exact) mass is 295 g/mol. The van der Waals surface area contributed by atoms with Gasteiger partial charge in [-0.2, -0.15) is 0 Å². The molecule has 0 spiro atoms. The average molecular weight is 295 g/mol. The number of benzene rings is 2. The van der Waals surface area contributed by atoms with Crippen molar-refractivity contribution < 1.29 is 17.9 Å². The maximum Gasteiger partial charge on any atom is 0.167 e. The molecule has 0 fully saturated rings. The lowest BCUT2D eigenvalue weighted by molar-refractivity contribution is 0.419. The molecule has 0 radical (unpaired) electrons. The highest BCUT2D eigenvalue weighted by Crippen LogP contribution is 2.32. The van der Waals surface area contributed by atoms with E-state index in [1.807, 2.05) is 13.8 Å². The van der Waals surface area contributed by atoms with Gasteiger partial charge in [0.15, 0.2) is 11.6 Å². The summed E-state index contributed by atoms with van der Waals surface area (Å²) in [6.45, 7) is 4.49. The van der Waals surface area contributed by atoms with E-state index in [-0.39, 0.29) is 17.5 Å². The Hall–Kier alpha value is -2.01. The molecule has 5 heteroatoms. The average Bonchev–Trinajstić information content (AvgIpc) is 2.40. The highest BCUT2D eigenvalue weighted by atomic mass is 19.1. The van der Waals surface area contributed by atoms with Gasteiger partial charge in [-0.05, 0) is 19.5 Å². The zero-order valence-electron chi connectivity index (χ0n) is 11.8. The minimum absolute atomic E-state index is 0.0315. The number of rotatable bonds is 5. The molecule has 0 amide bonds. The number of hydrogen-bond acceptors (Lipinski definition) is 2. The van der Waals surface area contributed by atoms with Crippen molar-refractivity contribution in [2.45, 2.75) is 19.9 Å². The van der Waals surface area contributed by atoms with Crippen LogP contribution in [0.1, 0.15) is 25.5 Å². The maximum atomic E-state index is 14.0. The summed E-state index contributed by atoms with van der Waals surface area (Å²) in [7, 11) is 0. The molecule has 1 atom stereocenters. The Balaban J connectivity index is 2.38. The minimum Gasteiger partial charge on any atom is -0.454 e. The molecule has 1 unspecified atom stereocenters. The van der Waals surface area contributed by atoms with Gasteiger partial charge in [0.05, 0.1) is 0 Å². The van der Waals surface area contributed by atoms with Gasteiger partial charge in [-0.3, -0.25) is 0 Å². The third-order valence-corrected chi connectivity index (χ3v) is 3.03. The van der Waals surface area contributed by atoms with Crippen LogP contribution in [0.5, 0.6) is 11.5 Å². The summed E-state index contributed by atoms with van der Waals surface area (Å²) in [5.74, 6) is -2.24. The van der Waals surface area contributed by atoms with Crippen LogP contribution < -0.4 is 10.1 Å². The molecule has 2 aromatic carbocycles. The largest absolute Gasteiger partial charge is 0.454 e. The zero-order valence-corrected chi connectivity index (χ0v) is 11.8. The number of hydrogen-bond donors (Lipinski definition) is 1. The lowest BCUT2D eigenvalue weighted by Crippen LogP contribution is -2.18. The van der Waals surface area contributed by atoms with Crippen LogP contribution in [0.2, 0.25) is 0 Å². The summed E-state index contributed by atoms with van der Waals surface area (Å²) in [4.78, 5) is 0. The number of para-hydroxylation sites is 1. The van der Waals surface area contributed by atoms with E-state index >= 15 is 0 Å². The molecule has 0 heterocycles. The molecule has 0 aliphatic heterocycles. The van der Waals surface area contributed by atoms with Gasteiger partial charge in [-0.1, -0.05) is 19.1 Å². The summed E-state index contributed by atoms with van der Waals surface area (Å²) >= 11 is 0. The van der Waals surface area contributed by atoms with Crippen LogP contribution in [0.25, 0.3) is 0 Å². The summed E-state index contributed by atoms with van der Waals surface area (Å²) in [6.07, 6.45) is 0. The van der Waals surface area contributed by atoms with Crippen molar-refractivity contribution >= 4 is 0 Å². The van der Waals surface area contributed by atoms with Crippen LogP contribution in [0.15, 0.2) is 36.4 Å². The van der Waals surface area contributed by atoms with Crippen LogP contribution in [0.4, 0.5) is 13.2 Å². The molecule has 0 saturated carbocycles. The Kier molecular flexibility index (Phi) is 4.85. The predicted molar refractivity (Wildman–Crippen MR) is 74.9 cm³/mol. The minimum atomic E-state index is -0.775. The van der Waals surface area contributed by atoms with Crippen LogP contribution >= 0.6 is 0 Å². The Morgan fingerprint density at radius 2 is 1.76 bits per heavy atom. The standard InChI is InChI=1S/C16H16F3NO/c1-3-20-10(2)14-5-4-6-15(19)16(14)21-13-8-11(17)7-12(18)9-13/h4-10,20H,3H2,1-2H3. The normalized spacial score (nSPS) is 12.2. The van der Waals surface area contributed by atoms with Gasteiger partial charge in [0.25, 0.3) is 0 Å². The molecule has 2 nitrogen and oxygen atoms in total. The van der Waals surface area contributed by atoms with Crippen molar-refractivity contribution in [1.29, 1.82) is 0 Å². The predicted octanol–water partition coefficient (Wildman–Crippen LogP) is 4.57. The van der Waals surface area contributed by atoms with Gasteiger partial charge in [-0.15, -0.1) is 0 Å². The SMILES string of the molecule is CCNC(C)c1cccc(F)c1Oc1cc(F)cc(F)c1. The molecule has 21 heavy (non-hydrogen) atoms. The summed E-state index contributed by atoms with van der Waals surface area (Å²) < 4.78 is 45.7. The van der Waals surface area contributed by atoms with Crippen molar-refractivity contribution in [3.05, 3.63) is 59.4 Å². The van der Waals surface area contributed by atoms with Crippen LogP contribution in [-0.4, -0.2) is 6.54 Å². The van der Waals surface area contributed by atoms with Crippen LogP contribution in [-0.2, 0) is 0 Å². The number of nitrogens with one attached hydrogen (secondary N) is 1. The molecule has 112 valence electrons. The first-order valence-corrected chi connectivity index (χ1v) is 6.67. The first-order valence-electron chi connectivity index (χ1n) is 6.67. The third-order valence-electron chi connectivity index (χ3n) is 3.03. The Morgan fingerprint density at radius 3 is 2.38 bits per heavy atom. The zero-order chi connectivity index (χ0) is 15.4. The molecule has 2 aromatic rings. The van der Waals surface area contributed by atoms with Crippen molar-refractivity contribution in [1.82, 2.24) is 5.32 Å². The summed E-state index contributed by atoms with van der Waals surface area (Å²) in [5.41, 5.74) is 0.585. The van der Waals surface area contributed by atoms with E-state index in [0.29, 0.717) is 12.1 Å².